The molecule has 0 saturated heterocycles. The SMILES string of the molecule is C=CC[P+](Cc1ccccc1)(c1ccccc1)c1ccccc1. The molecule has 0 bridgehead atoms. The highest BCUT2D eigenvalue weighted by molar-refractivity contribution is 7.89. The second kappa shape index (κ2) is 7.40. The molecular formula is C22H22P+. The zero-order chi connectivity index (χ0) is 16.0. The predicted octanol–water partition coefficient (Wildman–Crippen LogP) is 5.04. The molecule has 3 aromatic rings. The average Bonchev–Trinajstić information content (AvgIpc) is 2.64. The summed E-state index contributed by atoms with van der Waals surface area (Å²) in [5.41, 5.74) is 1.40. The number of hydrogen-bond donors (Lipinski definition) is 0. The second-order valence-electron chi connectivity index (χ2n) is 5.75. The topological polar surface area (TPSA) is 0 Å². The molecule has 0 heterocycles. The van der Waals surface area contributed by atoms with Crippen molar-refractivity contribution in [1.82, 2.24) is 0 Å². The van der Waals surface area contributed by atoms with E-state index in [0.29, 0.717) is 0 Å². The predicted molar refractivity (Wildman–Crippen MR) is 104 cm³/mol. The van der Waals surface area contributed by atoms with Crippen LogP contribution >= 0.6 is 7.26 Å². The average molecular weight is 317 g/mol. The summed E-state index contributed by atoms with van der Waals surface area (Å²) in [6.45, 7) is 4.07. The van der Waals surface area contributed by atoms with Gasteiger partial charge in [-0.15, -0.1) is 0 Å². The quantitative estimate of drug-likeness (QED) is 0.441. The summed E-state index contributed by atoms with van der Waals surface area (Å²) in [4.78, 5) is 0. The fraction of sp³-hybridized carbons (Fsp3) is 0.0909. The highest BCUT2D eigenvalue weighted by Gasteiger charge is 2.41. The zero-order valence-corrected chi connectivity index (χ0v) is 14.2. The molecule has 0 aromatic heterocycles. The minimum Gasteiger partial charge on any atom is -0.0995 e. The Kier molecular flexibility index (Phi) is 5.05. The molecule has 1 heteroatoms. The van der Waals surface area contributed by atoms with E-state index >= 15 is 0 Å². The van der Waals surface area contributed by atoms with Crippen molar-refractivity contribution in [2.75, 3.05) is 6.16 Å². The molecule has 0 spiro atoms. The second-order valence-corrected chi connectivity index (χ2v) is 9.40. The highest BCUT2D eigenvalue weighted by Crippen LogP contribution is 2.59. The molecule has 0 saturated carbocycles. The number of hydrogen-bond acceptors (Lipinski definition) is 0. The Labute approximate surface area is 139 Å². The maximum atomic E-state index is 4.07. The van der Waals surface area contributed by atoms with E-state index in [4.69, 9.17) is 0 Å². The summed E-state index contributed by atoms with van der Waals surface area (Å²) in [7, 11) is -1.54. The summed E-state index contributed by atoms with van der Waals surface area (Å²) < 4.78 is 0. The van der Waals surface area contributed by atoms with Gasteiger partial charge in [-0.1, -0.05) is 79.4 Å². The summed E-state index contributed by atoms with van der Waals surface area (Å²) in [5, 5.41) is 2.91. The Hall–Kier alpha value is -2.17. The standard InChI is InChI=1S/C22H22P/c1-2-18-23(21-14-8-4-9-15-21,22-16-10-5-11-17-22)19-20-12-6-3-7-13-20/h2-17H,1,18-19H2/q+1. The van der Waals surface area contributed by atoms with Crippen LogP contribution in [-0.4, -0.2) is 6.16 Å². The molecule has 114 valence electrons. The highest BCUT2D eigenvalue weighted by atomic mass is 31.2. The molecule has 0 fully saturated rings. The van der Waals surface area contributed by atoms with E-state index < -0.39 is 7.26 Å². The Morgan fingerprint density at radius 1 is 0.652 bits per heavy atom. The summed E-state index contributed by atoms with van der Waals surface area (Å²) in [5.74, 6) is 0. The molecule has 0 aliphatic heterocycles. The molecule has 0 nitrogen and oxygen atoms in total. The maximum absolute atomic E-state index is 4.07. The Morgan fingerprint density at radius 2 is 1.09 bits per heavy atom. The van der Waals surface area contributed by atoms with Crippen LogP contribution in [0.2, 0.25) is 0 Å². The number of allylic oxidation sites excluding steroid dienone is 1. The first-order chi connectivity index (χ1) is 11.3. The van der Waals surface area contributed by atoms with E-state index in [2.05, 4.69) is 104 Å². The van der Waals surface area contributed by atoms with Crippen LogP contribution in [0.4, 0.5) is 0 Å². The summed E-state index contributed by atoms with van der Waals surface area (Å²) in [6.07, 6.45) is 4.19. The fourth-order valence-corrected chi connectivity index (χ4v) is 7.12. The molecular weight excluding hydrogens is 295 g/mol. The molecule has 3 rings (SSSR count). The van der Waals surface area contributed by atoms with E-state index in [1.807, 2.05) is 0 Å². The van der Waals surface area contributed by atoms with Crippen molar-refractivity contribution >= 4 is 17.9 Å². The van der Waals surface area contributed by atoms with Crippen LogP contribution < -0.4 is 10.6 Å². The molecule has 23 heavy (non-hydrogen) atoms. The van der Waals surface area contributed by atoms with Gasteiger partial charge in [-0.05, 0) is 29.8 Å². The van der Waals surface area contributed by atoms with Crippen LogP contribution in [0.3, 0.4) is 0 Å². The van der Waals surface area contributed by atoms with E-state index in [0.717, 1.165) is 12.3 Å². The third kappa shape index (κ3) is 3.44. The summed E-state index contributed by atoms with van der Waals surface area (Å²) in [6, 6.07) is 32.8. The van der Waals surface area contributed by atoms with Gasteiger partial charge in [0.2, 0.25) is 0 Å². The van der Waals surface area contributed by atoms with Gasteiger partial charge in [0.25, 0.3) is 0 Å². The monoisotopic (exact) mass is 317 g/mol. The molecule has 0 atom stereocenters. The van der Waals surface area contributed by atoms with Gasteiger partial charge in [-0.2, -0.15) is 0 Å². The zero-order valence-electron chi connectivity index (χ0n) is 13.3. The Bertz CT molecular complexity index is 693. The Morgan fingerprint density at radius 3 is 1.52 bits per heavy atom. The lowest BCUT2D eigenvalue weighted by Gasteiger charge is -2.26. The van der Waals surface area contributed by atoms with Crippen molar-refractivity contribution in [3.05, 3.63) is 109 Å². The van der Waals surface area contributed by atoms with Gasteiger partial charge in [-0.3, -0.25) is 0 Å². The summed E-state index contributed by atoms with van der Waals surface area (Å²) >= 11 is 0. The van der Waals surface area contributed by atoms with Crippen molar-refractivity contribution in [2.24, 2.45) is 0 Å². The van der Waals surface area contributed by atoms with Gasteiger partial charge < -0.3 is 0 Å². The molecule has 0 aliphatic carbocycles. The lowest BCUT2D eigenvalue weighted by Crippen LogP contribution is -2.26. The van der Waals surface area contributed by atoms with Crippen LogP contribution in [-0.2, 0) is 6.16 Å². The van der Waals surface area contributed by atoms with Crippen molar-refractivity contribution in [3.8, 4) is 0 Å². The maximum Gasteiger partial charge on any atom is 0.0998 e. The normalized spacial score (nSPS) is 11.1. The van der Waals surface area contributed by atoms with Gasteiger partial charge in [-0.25, -0.2) is 0 Å². The van der Waals surface area contributed by atoms with Crippen molar-refractivity contribution < 1.29 is 0 Å². The van der Waals surface area contributed by atoms with E-state index in [1.54, 1.807) is 0 Å². The molecule has 0 N–H and O–H groups in total. The first-order valence-electron chi connectivity index (χ1n) is 7.98. The lowest BCUT2D eigenvalue weighted by molar-refractivity contribution is 1.37. The van der Waals surface area contributed by atoms with Gasteiger partial charge in [0.1, 0.15) is 0 Å². The molecule has 0 unspecified atom stereocenters. The molecule has 0 aliphatic rings. The van der Waals surface area contributed by atoms with E-state index in [9.17, 15) is 0 Å². The first kappa shape index (κ1) is 15.7. The van der Waals surface area contributed by atoms with Crippen molar-refractivity contribution in [1.29, 1.82) is 0 Å². The first-order valence-corrected chi connectivity index (χ1v) is 10.1. The van der Waals surface area contributed by atoms with E-state index in [-0.39, 0.29) is 0 Å². The van der Waals surface area contributed by atoms with E-state index in [1.165, 1.54) is 16.2 Å². The smallest absolute Gasteiger partial charge is 0.0995 e. The van der Waals surface area contributed by atoms with Crippen molar-refractivity contribution in [3.63, 3.8) is 0 Å². The molecule has 3 aromatic carbocycles. The van der Waals surface area contributed by atoms with Crippen LogP contribution in [0.1, 0.15) is 5.56 Å². The van der Waals surface area contributed by atoms with Gasteiger partial charge >= 0.3 is 0 Å². The third-order valence-electron chi connectivity index (χ3n) is 4.24. The molecule has 0 radical (unpaired) electrons. The van der Waals surface area contributed by atoms with Crippen molar-refractivity contribution in [2.45, 2.75) is 6.16 Å². The van der Waals surface area contributed by atoms with Gasteiger partial charge in [0, 0.05) is 0 Å². The number of benzene rings is 3. The third-order valence-corrected chi connectivity index (χ3v) is 8.60. The largest absolute Gasteiger partial charge is 0.0998 e. The molecule has 0 amide bonds. The van der Waals surface area contributed by atoms with Gasteiger partial charge in [0.15, 0.2) is 0 Å². The van der Waals surface area contributed by atoms with Crippen LogP contribution in [0.5, 0.6) is 0 Å². The minimum absolute atomic E-state index is 1.02. The minimum atomic E-state index is -1.54. The number of rotatable bonds is 6. The van der Waals surface area contributed by atoms with Gasteiger partial charge in [0.05, 0.1) is 30.2 Å². The lowest BCUT2D eigenvalue weighted by atomic mass is 10.2. The van der Waals surface area contributed by atoms with Crippen LogP contribution in [0.25, 0.3) is 0 Å². The van der Waals surface area contributed by atoms with Crippen LogP contribution in [0.15, 0.2) is 104 Å². The fourth-order valence-electron chi connectivity index (χ4n) is 3.15. The van der Waals surface area contributed by atoms with Crippen LogP contribution in [0, 0.1) is 0 Å². The Balaban J connectivity index is 2.16.